The van der Waals surface area contributed by atoms with E-state index < -0.39 is 16.6 Å². The van der Waals surface area contributed by atoms with Gasteiger partial charge in [-0.1, -0.05) is 0 Å². The molecule has 0 bridgehead atoms. The molecular formula is C24H26Ti. The molecule has 126 valence electrons. The van der Waals surface area contributed by atoms with Gasteiger partial charge in [-0.15, -0.1) is 0 Å². The van der Waals surface area contributed by atoms with Gasteiger partial charge in [-0.3, -0.25) is 0 Å². The number of hydrogen-bond donors (Lipinski definition) is 0. The average Bonchev–Trinajstić information content (AvgIpc) is 3.31. The van der Waals surface area contributed by atoms with Gasteiger partial charge in [0, 0.05) is 0 Å². The fraction of sp³-hybridized carbons (Fsp3) is 0.333. The van der Waals surface area contributed by atoms with Crippen LogP contribution in [-0.2, 0) is 16.6 Å². The normalized spacial score (nSPS) is 26.1. The van der Waals surface area contributed by atoms with Crippen LogP contribution < -0.4 is 0 Å². The SMILES string of the molecule is CC1=C(C)[CH]([Ti]2([CH]3C(C)=C(C)c4ccccc43)[CH2][CH2]2)c2ccccc21. The fourth-order valence-corrected chi connectivity index (χ4v) is 16.6. The predicted octanol–water partition coefficient (Wildman–Crippen LogP) is 7.09. The molecule has 1 fully saturated rings. The Morgan fingerprint density at radius 2 is 1.04 bits per heavy atom. The van der Waals surface area contributed by atoms with Gasteiger partial charge >= 0.3 is 155 Å². The van der Waals surface area contributed by atoms with Crippen LogP contribution in [0.25, 0.3) is 11.1 Å². The van der Waals surface area contributed by atoms with Gasteiger partial charge in [0.1, 0.15) is 0 Å². The van der Waals surface area contributed by atoms with Gasteiger partial charge in [0.25, 0.3) is 0 Å². The van der Waals surface area contributed by atoms with E-state index in [1.54, 1.807) is 33.4 Å². The van der Waals surface area contributed by atoms with Crippen LogP contribution in [0.2, 0.25) is 9.45 Å². The molecule has 2 aliphatic carbocycles. The summed E-state index contributed by atoms with van der Waals surface area (Å²) in [5.74, 6) is 0. The van der Waals surface area contributed by atoms with Crippen molar-refractivity contribution in [2.45, 2.75) is 45.6 Å². The Morgan fingerprint density at radius 1 is 0.640 bits per heavy atom. The monoisotopic (exact) mass is 362 g/mol. The zero-order chi connectivity index (χ0) is 17.3. The van der Waals surface area contributed by atoms with Crippen LogP contribution in [0.3, 0.4) is 0 Å². The van der Waals surface area contributed by atoms with Crippen molar-refractivity contribution >= 4 is 11.1 Å². The van der Waals surface area contributed by atoms with E-state index in [9.17, 15) is 0 Å². The summed E-state index contributed by atoms with van der Waals surface area (Å²) < 4.78 is 4.62. The predicted molar refractivity (Wildman–Crippen MR) is 105 cm³/mol. The Morgan fingerprint density at radius 3 is 1.44 bits per heavy atom. The number of allylic oxidation sites excluding steroid dienone is 4. The molecule has 25 heavy (non-hydrogen) atoms. The van der Waals surface area contributed by atoms with Crippen LogP contribution >= 0.6 is 0 Å². The van der Waals surface area contributed by atoms with E-state index in [-0.39, 0.29) is 0 Å². The minimum atomic E-state index is -2.05. The van der Waals surface area contributed by atoms with Gasteiger partial charge in [0.15, 0.2) is 0 Å². The molecule has 2 aromatic rings. The quantitative estimate of drug-likeness (QED) is 0.500. The third-order valence-corrected chi connectivity index (χ3v) is 15.9. The van der Waals surface area contributed by atoms with Gasteiger partial charge in [-0.25, -0.2) is 0 Å². The summed E-state index contributed by atoms with van der Waals surface area (Å²) in [6.07, 6.45) is 0. The van der Waals surface area contributed by atoms with E-state index in [0.717, 1.165) is 8.45 Å². The number of fused-ring (bicyclic) bond motifs is 2. The average molecular weight is 362 g/mol. The second-order valence-corrected chi connectivity index (χ2v) is 15.6. The van der Waals surface area contributed by atoms with E-state index in [1.807, 2.05) is 0 Å². The second kappa shape index (κ2) is 5.32. The van der Waals surface area contributed by atoms with Crippen LogP contribution in [0.5, 0.6) is 0 Å². The first kappa shape index (κ1) is 15.9. The first-order valence-electron chi connectivity index (χ1n) is 9.59. The van der Waals surface area contributed by atoms with Gasteiger partial charge < -0.3 is 0 Å². The van der Waals surface area contributed by atoms with Crippen molar-refractivity contribution in [2.75, 3.05) is 0 Å². The first-order valence-corrected chi connectivity index (χ1v) is 13.6. The molecule has 1 saturated heterocycles. The zero-order valence-electron chi connectivity index (χ0n) is 15.7. The Bertz CT molecular complexity index is 880. The maximum absolute atomic E-state index is 2.43. The second-order valence-electron chi connectivity index (χ2n) is 8.39. The molecule has 0 radical (unpaired) electrons. The van der Waals surface area contributed by atoms with Crippen molar-refractivity contribution in [3.8, 4) is 0 Å². The first-order chi connectivity index (χ1) is 12.1. The van der Waals surface area contributed by atoms with Crippen LogP contribution in [-0.4, -0.2) is 0 Å². The Labute approximate surface area is 155 Å². The third-order valence-electron chi connectivity index (χ3n) is 7.38. The molecule has 0 N–H and O–H groups in total. The zero-order valence-corrected chi connectivity index (χ0v) is 17.2. The summed E-state index contributed by atoms with van der Waals surface area (Å²) in [5, 5.41) is 0. The number of benzene rings is 2. The molecule has 1 heteroatoms. The Hall–Kier alpha value is -1.37. The summed E-state index contributed by atoms with van der Waals surface area (Å²) >= 11 is -2.05. The van der Waals surface area contributed by atoms with Gasteiger partial charge in [-0.05, 0) is 0 Å². The van der Waals surface area contributed by atoms with E-state index in [4.69, 9.17) is 0 Å². The third kappa shape index (κ3) is 1.99. The van der Waals surface area contributed by atoms with Gasteiger partial charge in [0.05, 0.1) is 0 Å². The molecule has 0 saturated carbocycles. The van der Waals surface area contributed by atoms with Crippen LogP contribution in [0.15, 0.2) is 59.7 Å². The summed E-state index contributed by atoms with van der Waals surface area (Å²) in [6, 6.07) is 18.5. The molecule has 5 rings (SSSR count). The van der Waals surface area contributed by atoms with Crippen LogP contribution in [0, 0.1) is 0 Å². The summed E-state index contributed by atoms with van der Waals surface area (Å²) in [7, 11) is 0. The van der Waals surface area contributed by atoms with E-state index in [2.05, 4.69) is 76.2 Å². The van der Waals surface area contributed by atoms with Crippen molar-refractivity contribution in [1.82, 2.24) is 0 Å². The molecule has 3 aliphatic rings. The molecule has 1 heterocycles. The van der Waals surface area contributed by atoms with Gasteiger partial charge in [-0.2, -0.15) is 0 Å². The number of hydrogen-bond acceptors (Lipinski definition) is 0. The van der Waals surface area contributed by atoms with Crippen molar-refractivity contribution in [2.24, 2.45) is 0 Å². The van der Waals surface area contributed by atoms with Crippen LogP contribution in [0.4, 0.5) is 0 Å². The topological polar surface area (TPSA) is 0 Å². The summed E-state index contributed by atoms with van der Waals surface area (Å²) in [4.78, 5) is 0. The van der Waals surface area contributed by atoms with E-state index in [0.29, 0.717) is 0 Å². The van der Waals surface area contributed by atoms with E-state index >= 15 is 0 Å². The molecule has 1 aliphatic heterocycles. The summed E-state index contributed by atoms with van der Waals surface area (Å²) in [5.41, 5.74) is 12.9. The molecule has 2 aromatic carbocycles. The molecule has 2 unspecified atom stereocenters. The molecule has 2 atom stereocenters. The molecular weight excluding hydrogens is 336 g/mol. The van der Waals surface area contributed by atoms with Crippen molar-refractivity contribution < 1.29 is 16.6 Å². The molecule has 0 nitrogen and oxygen atoms in total. The van der Waals surface area contributed by atoms with E-state index in [1.165, 1.54) is 20.6 Å². The van der Waals surface area contributed by atoms with Gasteiger partial charge in [0.2, 0.25) is 0 Å². The van der Waals surface area contributed by atoms with Crippen molar-refractivity contribution in [1.29, 1.82) is 0 Å². The molecule has 0 aromatic heterocycles. The van der Waals surface area contributed by atoms with Crippen molar-refractivity contribution in [3.63, 3.8) is 0 Å². The molecule has 0 amide bonds. The van der Waals surface area contributed by atoms with Crippen LogP contribution in [0.1, 0.15) is 58.4 Å². The standard InChI is InChI=1S/2C11H11.C2H4.Ti/c2*1-8-7-10-5-3-4-6-11(10)9(8)2;1-2;/h2*3-7H,1-2H3;1-2H2;. The minimum absolute atomic E-state index is 0.773. The Kier molecular flexibility index (Phi) is 3.37. The molecule has 0 spiro atoms. The fourth-order valence-electron chi connectivity index (χ4n) is 5.87. The Balaban J connectivity index is 1.69. The maximum atomic E-state index is 2.43. The summed E-state index contributed by atoms with van der Waals surface area (Å²) in [6.45, 7) is 9.56. The number of rotatable bonds is 2. The van der Waals surface area contributed by atoms with Crippen molar-refractivity contribution in [3.05, 3.63) is 81.9 Å².